The van der Waals surface area contributed by atoms with Crippen molar-refractivity contribution in [3.63, 3.8) is 0 Å². The van der Waals surface area contributed by atoms with Crippen molar-refractivity contribution in [2.75, 3.05) is 12.8 Å². The average molecular weight is 476 g/mol. The summed E-state index contributed by atoms with van der Waals surface area (Å²) in [7, 11) is -1.04. The zero-order valence-corrected chi connectivity index (χ0v) is 19.9. The Morgan fingerprint density at radius 1 is 1.03 bits per heavy atom. The van der Waals surface area contributed by atoms with Gasteiger partial charge in [-0.1, -0.05) is 30.3 Å². The molecule has 0 aromatic heterocycles. The molecule has 174 valence electrons. The number of carbonyl (C=O) groups is 1. The minimum absolute atomic E-state index is 0.126. The van der Waals surface area contributed by atoms with E-state index in [2.05, 4.69) is 5.32 Å². The molecule has 1 amide bonds. The van der Waals surface area contributed by atoms with E-state index in [0.717, 1.165) is 43.9 Å². The van der Waals surface area contributed by atoms with Gasteiger partial charge in [-0.2, -0.15) is 0 Å². The third kappa shape index (κ3) is 5.34. The van der Waals surface area contributed by atoms with Crippen LogP contribution in [0.4, 0.5) is 4.39 Å². The van der Waals surface area contributed by atoms with Gasteiger partial charge in [0, 0.05) is 28.5 Å². The zero-order valence-electron chi connectivity index (χ0n) is 19.1. The molecule has 0 bridgehead atoms. The Morgan fingerprint density at radius 3 is 2.41 bits per heavy atom. The van der Waals surface area contributed by atoms with Crippen LogP contribution in [0.1, 0.15) is 35.6 Å². The summed E-state index contributed by atoms with van der Waals surface area (Å²) in [5.41, 5.74) is 6.31. The predicted octanol–water partition coefficient (Wildman–Crippen LogP) is 5.35. The van der Waals surface area contributed by atoms with Gasteiger partial charge in [0.2, 0.25) is 5.91 Å². The maximum atomic E-state index is 14.1. The van der Waals surface area contributed by atoms with Gasteiger partial charge in [-0.3, -0.25) is 9.00 Å². The van der Waals surface area contributed by atoms with E-state index in [1.807, 2.05) is 49.4 Å². The molecule has 0 saturated heterocycles. The molecular weight excluding hydrogens is 449 g/mol. The molecule has 1 atom stereocenters. The molecule has 0 saturated carbocycles. The monoisotopic (exact) mass is 475 g/mol. The van der Waals surface area contributed by atoms with E-state index in [9.17, 15) is 18.5 Å². The summed E-state index contributed by atoms with van der Waals surface area (Å²) in [6, 6.07) is 19.1. The first kappa shape index (κ1) is 23.6. The van der Waals surface area contributed by atoms with Gasteiger partial charge in [0.1, 0.15) is 11.6 Å². The van der Waals surface area contributed by atoms with Crippen molar-refractivity contribution in [3.8, 4) is 5.75 Å². The van der Waals surface area contributed by atoms with Crippen molar-refractivity contribution in [2.45, 2.75) is 24.7 Å². The van der Waals surface area contributed by atoms with E-state index in [-0.39, 0.29) is 23.9 Å². The number of hydrogen-bond acceptors (Lipinski definition) is 3. The minimum atomic E-state index is -1.04. The molecule has 0 fully saturated rings. The van der Waals surface area contributed by atoms with Gasteiger partial charge in [-0.15, -0.1) is 0 Å². The Balaban J connectivity index is 1.54. The van der Waals surface area contributed by atoms with Crippen molar-refractivity contribution in [1.29, 1.82) is 0 Å². The number of phenols is 1. The largest absolute Gasteiger partial charge is 0.508 e. The van der Waals surface area contributed by atoms with E-state index in [4.69, 9.17) is 0 Å². The van der Waals surface area contributed by atoms with Crippen molar-refractivity contribution in [3.05, 3.63) is 100 Å². The van der Waals surface area contributed by atoms with Crippen LogP contribution in [0.2, 0.25) is 0 Å². The molecule has 3 aromatic carbocycles. The Kier molecular flexibility index (Phi) is 7.08. The summed E-state index contributed by atoms with van der Waals surface area (Å²) >= 11 is 0. The van der Waals surface area contributed by atoms with E-state index in [1.54, 1.807) is 24.5 Å². The number of phenolic OH excluding ortho intramolecular Hbond substituents is 1. The van der Waals surface area contributed by atoms with Gasteiger partial charge in [0.25, 0.3) is 0 Å². The molecule has 3 aromatic rings. The number of halogens is 1. The van der Waals surface area contributed by atoms with Crippen molar-refractivity contribution in [2.24, 2.45) is 0 Å². The standard InChI is InChI=1S/C28H26FNO3S/c1-18-25(15-20-5-10-23(11-6-20)34(2)33)24-12-7-21(29)16-27(24)26(18)17-28(32)30-14-13-19-3-8-22(31)9-4-19/h3-12,15-16,31H,13-14,17H2,1-2H3,(H,30,32). The van der Waals surface area contributed by atoms with Crippen LogP contribution in [-0.4, -0.2) is 28.0 Å². The van der Waals surface area contributed by atoms with E-state index >= 15 is 0 Å². The molecule has 2 N–H and O–H groups in total. The summed E-state index contributed by atoms with van der Waals surface area (Å²) in [6.45, 7) is 2.43. The molecule has 34 heavy (non-hydrogen) atoms. The smallest absolute Gasteiger partial charge is 0.224 e. The lowest BCUT2D eigenvalue weighted by Gasteiger charge is -2.08. The van der Waals surface area contributed by atoms with Gasteiger partial charge in [0.15, 0.2) is 0 Å². The Hall–Kier alpha value is -3.51. The fourth-order valence-corrected chi connectivity index (χ4v) is 4.66. The third-order valence-electron chi connectivity index (χ3n) is 5.99. The van der Waals surface area contributed by atoms with Crippen molar-refractivity contribution < 1.29 is 18.5 Å². The highest BCUT2D eigenvalue weighted by molar-refractivity contribution is 7.84. The van der Waals surface area contributed by atoms with Crippen molar-refractivity contribution >= 4 is 33.9 Å². The van der Waals surface area contributed by atoms with Crippen LogP contribution in [0.15, 0.2) is 77.2 Å². The average Bonchev–Trinajstić information content (AvgIpc) is 3.06. The summed E-state index contributed by atoms with van der Waals surface area (Å²) in [4.78, 5) is 13.5. The first-order chi connectivity index (χ1) is 16.3. The van der Waals surface area contributed by atoms with Gasteiger partial charge < -0.3 is 10.4 Å². The van der Waals surface area contributed by atoms with Gasteiger partial charge in [-0.25, -0.2) is 4.39 Å². The molecule has 4 rings (SSSR count). The minimum Gasteiger partial charge on any atom is -0.508 e. The molecule has 1 aliphatic carbocycles. The first-order valence-corrected chi connectivity index (χ1v) is 12.6. The summed E-state index contributed by atoms with van der Waals surface area (Å²) in [5.74, 6) is -0.255. The lowest BCUT2D eigenvalue weighted by molar-refractivity contribution is -0.120. The predicted molar refractivity (Wildman–Crippen MR) is 135 cm³/mol. The van der Waals surface area contributed by atoms with E-state index in [0.29, 0.717) is 13.0 Å². The number of nitrogens with one attached hydrogen (secondary N) is 1. The number of rotatable bonds is 7. The Bertz CT molecular complexity index is 1310. The van der Waals surface area contributed by atoms with Crippen LogP contribution in [0.3, 0.4) is 0 Å². The fraction of sp³-hybridized carbons (Fsp3) is 0.179. The fourth-order valence-electron chi connectivity index (χ4n) is 4.14. The normalized spacial score (nSPS) is 14.9. The number of benzene rings is 3. The Labute approximate surface area is 201 Å². The van der Waals surface area contributed by atoms with Crippen LogP contribution >= 0.6 is 0 Å². The number of aromatic hydroxyl groups is 1. The number of fused-ring (bicyclic) bond motifs is 1. The first-order valence-electron chi connectivity index (χ1n) is 11.0. The number of carbonyl (C=O) groups excluding carboxylic acids is 1. The summed E-state index contributed by atoms with van der Waals surface area (Å²) < 4.78 is 25.8. The van der Waals surface area contributed by atoms with Crippen LogP contribution < -0.4 is 5.32 Å². The van der Waals surface area contributed by atoms with E-state index < -0.39 is 10.8 Å². The zero-order chi connectivity index (χ0) is 24.2. The molecule has 1 aliphatic rings. The molecule has 0 heterocycles. The molecule has 1 unspecified atom stereocenters. The van der Waals surface area contributed by atoms with Gasteiger partial charge in [0.05, 0.1) is 6.42 Å². The molecule has 0 radical (unpaired) electrons. The maximum absolute atomic E-state index is 14.1. The van der Waals surface area contributed by atoms with Crippen molar-refractivity contribution in [1.82, 2.24) is 5.32 Å². The SMILES string of the molecule is CC1=C(CC(=O)NCCc2ccc(O)cc2)c2cc(F)ccc2C1=Cc1ccc(S(C)=O)cc1. The lowest BCUT2D eigenvalue weighted by Crippen LogP contribution is -2.25. The quantitative estimate of drug-likeness (QED) is 0.484. The second kappa shape index (κ2) is 10.2. The van der Waals surface area contributed by atoms with Crippen LogP contribution in [0.5, 0.6) is 5.75 Å². The van der Waals surface area contributed by atoms with Crippen LogP contribution in [0, 0.1) is 5.82 Å². The highest BCUT2D eigenvalue weighted by Crippen LogP contribution is 2.43. The number of allylic oxidation sites excluding steroid dienone is 2. The lowest BCUT2D eigenvalue weighted by atomic mass is 10.0. The number of hydrogen-bond donors (Lipinski definition) is 2. The Morgan fingerprint density at radius 2 is 1.74 bits per heavy atom. The maximum Gasteiger partial charge on any atom is 0.224 e. The van der Waals surface area contributed by atoms with Crippen LogP contribution in [0.25, 0.3) is 17.2 Å². The van der Waals surface area contributed by atoms with E-state index in [1.165, 1.54) is 12.1 Å². The van der Waals surface area contributed by atoms with Gasteiger partial charge >= 0.3 is 0 Å². The van der Waals surface area contributed by atoms with Gasteiger partial charge in [-0.05, 0) is 94.8 Å². The highest BCUT2D eigenvalue weighted by Gasteiger charge is 2.25. The topological polar surface area (TPSA) is 66.4 Å². The second-order valence-electron chi connectivity index (χ2n) is 8.32. The highest BCUT2D eigenvalue weighted by atomic mass is 32.2. The third-order valence-corrected chi connectivity index (χ3v) is 6.92. The molecule has 0 aliphatic heterocycles. The molecule has 6 heteroatoms. The number of amides is 1. The molecule has 4 nitrogen and oxygen atoms in total. The molecular formula is C28H26FNO3S. The van der Waals surface area contributed by atoms with Crippen LogP contribution in [-0.2, 0) is 22.0 Å². The molecule has 0 spiro atoms. The second-order valence-corrected chi connectivity index (χ2v) is 9.70. The summed E-state index contributed by atoms with van der Waals surface area (Å²) in [6.07, 6.45) is 4.47. The summed E-state index contributed by atoms with van der Waals surface area (Å²) in [5, 5.41) is 12.3.